The van der Waals surface area contributed by atoms with E-state index in [2.05, 4.69) is 5.32 Å². The third kappa shape index (κ3) is 4.17. The second-order valence-corrected chi connectivity index (χ2v) is 4.89. The molecule has 6 heteroatoms. The highest BCUT2D eigenvalue weighted by Gasteiger charge is 2.22. The fourth-order valence-corrected chi connectivity index (χ4v) is 2.15. The molecule has 0 amide bonds. The highest BCUT2D eigenvalue weighted by molar-refractivity contribution is 6.02. The largest absolute Gasteiger partial charge is 0.465 e. The van der Waals surface area contributed by atoms with Crippen molar-refractivity contribution in [1.29, 1.82) is 0 Å². The van der Waals surface area contributed by atoms with Gasteiger partial charge in [0.1, 0.15) is 5.82 Å². The molecule has 5 nitrogen and oxygen atoms in total. The molecule has 24 heavy (non-hydrogen) atoms. The van der Waals surface area contributed by atoms with Crippen LogP contribution in [0.5, 0.6) is 0 Å². The number of anilines is 1. The molecule has 1 N–H and O–H groups in total. The number of nitrogens with one attached hydrogen (secondary N) is 1. The van der Waals surface area contributed by atoms with Gasteiger partial charge in [-0.05, 0) is 43.3 Å². The minimum atomic E-state index is -1.01. The standard InChI is InChI=1S/C18H18FNO4/c1-3-24-17(16(21)12-8-10-13(19)11-9-12)20-15-7-5-4-6-14(15)18(22)23-2/h4-11,17,20H,3H2,1-2H3. The molecule has 1 atom stereocenters. The van der Waals surface area contributed by atoms with Gasteiger partial charge in [0, 0.05) is 12.2 Å². The Balaban J connectivity index is 2.27. The molecule has 0 saturated heterocycles. The fourth-order valence-electron chi connectivity index (χ4n) is 2.15. The van der Waals surface area contributed by atoms with Crippen molar-refractivity contribution < 1.29 is 23.5 Å². The van der Waals surface area contributed by atoms with Gasteiger partial charge in [-0.2, -0.15) is 0 Å². The molecular formula is C18H18FNO4. The van der Waals surface area contributed by atoms with Crippen molar-refractivity contribution in [3.05, 3.63) is 65.5 Å². The lowest BCUT2D eigenvalue weighted by atomic mass is 10.1. The topological polar surface area (TPSA) is 64.6 Å². The molecule has 2 rings (SSSR count). The van der Waals surface area contributed by atoms with Crippen LogP contribution in [0.4, 0.5) is 10.1 Å². The minimum absolute atomic E-state index is 0.283. The quantitative estimate of drug-likeness (QED) is 0.479. The van der Waals surface area contributed by atoms with Crippen molar-refractivity contribution in [3.63, 3.8) is 0 Å². The summed E-state index contributed by atoms with van der Waals surface area (Å²) < 4.78 is 23.2. The van der Waals surface area contributed by atoms with Gasteiger partial charge >= 0.3 is 5.97 Å². The van der Waals surface area contributed by atoms with Crippen LogP contribution >= 0.6 is 0 Å². The van der Waals surface area contributed by atoms with Crippen molar-refractivity contribution in [2.45, 2.75) is 13.2 Å². The Labute approximate surface area is 139 Å². The zero-order chi connectivity index (χ0) is 17.5. The summed E-state index contributed by atoms with van der Waals surface area (Å²) in [4.78, 5) is 24.4. The summed E-state index contributed by atoms with van der Waals surface area (Å²) in [6, 6.07) is 11.8. The first-order valence-electron chi connectivity index (χ1n) is 7.42. The van der Waals surface area contributed by atoms with Crippen LogP contribution in [0.1, 0.15) is 27.6 Å². The molecule has 0 spiro atoms. The predicted molar refractivity (Wildman–Crippen MR) is 87.5 cm³/mol. The van der Waals surface area contributed by atoms with E-state index in [9.17, 15) is 14.0 Å². The van der Waals surface area contributed by atoms with Crippen LogP contribution in [0.25, 0.3) is 0 Å². The number of para-hydroxylation sites is 1. The number of halogens is 1. The Bertz CT molecular complexity index is 715. The molecule has 0 aliphatic carbocycles. The van der Waals surface area contributed by atoms with E-state index >= 15 is 0 Å². The zero-order valence-electron chi connectivity index (χ0n) is 13.4. The van der Waals surface area contributed by atoms with Gasteiger partial charge in [-0.15, -0.1) is 0 Å². The number of ether oxygens (including phenoxy) is 2. The molecule has 0 fully saturated rings. The summed E-state index contributed by atoms with van der Waals surface area (Å²) in [6.45, 7) is 2.03. The monoisotopic (exact) mass is 331 g/mol. The SMILES string of the molecule is CCOC(Nc1ccccc1C(=O)OC)C(=O)c1ccc(F)cc1. The number of benzene rings is 2. The summed E-state index contributed by atoms with van der Waals surface area (Å²) in [5, 5.41) is 2.91. The fraction of sp³-hybridized carbons (Fsp3) is 0.222. The summed E-state index contributed by atoms with van der Waals surface area (Å²) in [6.07, 6.45) is -1.01. The third-order valence-corrected chi connectivity index (χ3v) is 3.32. The number of carbonyl (C=O) groups excluding carboxylic acids is 2. The average Bonchev–Trinajstić information content (AvgIpc) is 2.61. The van der Waals surface area contributed by atoms with Crippen LogP contribution in [0.2, 0.25) is 0 Å². The number of ketones is 1. The van der Waals surface area contributed by atoms with E-state index in [-0.39, 0.29) is 18.0 Å². The van der Waals surface area contributed by atoms with E-state index in [1.807, 2.05) is 0 Å². The van der Waals surface area contributed by atoms with Crippen molar-refractivity contribution in [3.8, 4) is 0 Å². The number of hydrogen-bond acceptors (Lipinski definition) is 5. The van der Waals surface area contributed by atoms with Crippen molar-refractivity contribution >= 4 is 17.4 Å². The molecule has 1 unspecified atom stereocenters. The van der Waals surface area contributed by atoms with Gasteiger partial charge in [0.2, 0.25) is 5.78 Å². The highest BCUT2D eigenvalue weighted by Crippen LogP contribution is 2.19. The molecule has 0 heterocycles. The van der Waals surface area contributed by atoms with E-state index in [4.69, 9.17) is 9.47 Å². The first kappa shape index (κ1) is 17.6. The maximum absolute atomic E-state index is 13.0. The molecule has 0 radical (unpaired) electrons. The predicted octanol–water partition coefficient (Wildman–Crippen LogP) is 3.27. The molecule has 0 aliphatic heterocycles. The maximum Gasteiger partial charge on any atom is 0.339 e. The Kier molecular flexibility index (Phi) is 6.03. The molecule has 0 aromatic heterocycles. The second kappa shape index (κ2) is 8.21. The number of methoxy groups -OCH3 is 1. The van der Waals surface area contributed by atoms with Gasteiger partial charge < -0.3 is 14.8 Å². The number of rotatable bonds is 7. The van der Waals surface area contributed by atoms with Gasteiger partial charge in [0.15, 0.2) is 6.23 Å². The first-order valence-corrected chi connectivity index (χ1v) is 7.42. The van der Waals surface area contributed by atoms with Crippen LogP contribution in [0.3, 0.4) is 0 Å². The van der Waals surface area contributed by atoms with Crippen LogP contribution in [0.15, 0.2) is 48.5 Å². The lowest BCUT2D eigenvalue weighted by molar-refractivity contribution is 0.0542. The van der Waals surface area contributed by atoms with Crippen molar-refractivity contribution in [1.82, 2.24) is 0 Å². The molecular weight excluding hydrogens is 313 g/mol. The van der Waals surface area contributed by atoms with Crippen LogP contribution in [-0.2, 0) is 9.47 Å². The van der Waals surface area contributed by atoms with Crippen molar-refractivity contribution in [2.24, 2.45) is 0 Å². The number of esters is 1. The lowest BCUT2D eigenvalue weighted by Crippen LogP contribution is -2.33. The molecule has 2 aromatic rings. The van der Waals surface area contributed by atoms with Gasteiger partial charge in [-0.1, -0.05) is 12.1 Å². The van der Waals surface area contributed by atoms with Crippen LogP contribution in [-0.4, -0.2) is 31.7 Å². The summed E-state index contributed by atoms with van der Waals surface area (Å²) >= 11 is 0. The summed E-state index contributed by atoms with van der Waals surface area (Å²) in [5.74, 6) is -1.32. The molecule has 0 bridgehead atoms. The van der Waals surface area contributed by atoms with Crippen molar-refractivity contribution in [2.75, 3.05) is 19.0 Å². The van der Waals surface area contributed by atoms with Gasteiger partial charge in [0.25, 0.3) is 0 Å². The first-order chi connectivity index (χ1) is 11.6. The van der Waals surface area contributed by atoms with E-state index in [0.29, 0.717) is 11.3 Å². The summed E-state index contributed by atoms with van der Waals surface area (Å²) in [7, 11) is 1.28. The smallest absolute Gasteiger partial charge is 0.339 e. The average molecular weight is 331 g/mol. The summed E-state index contributed by atoms with van der Waals surface area (Å²) in [5.41, 5.74) is 1.01. The van der Waals surface area contributed by atoms with Gasteiger partial charge in [-0.3, -0.25) is 4.79 Å². The maximum atomic E-state index is 13.0. The lowest BCUT2D eigenvalue weighted by Gasteiger charge is -2.20. The highest BCUT2D eigenvalue weighted by atomic mass is 19.1. The van der Waals surface area contributed by atoms with Crippen LogP contribution < -0.4 is 5.32 Å². The van der Waals surface area contributed by atoms with Gasteiger partial charge in [0.05, 0.1) is 18.4 Å². The normalized spacial score (nSPS) is 11.6. The van der Waals surface area contributed by atoms with E-state index in [0.717, 1.165) is 0 Å². The number of carbonyl (C=O) groups is 2. The third-order valence-electron chi connectivity index (χ3n) is 3.32. The molecule has 0 saturated carbocycles. The molecule has 0 aliphatic rings. The number of Topliss-reactive ketones (excluding diaryl/α,β-unsaturated/α-hetero) is 1. The minimum Gasteiger partial charge on any atom is -0.465 e. The van der Waals surface area contributed by atoms with E-state index < -0.39 is 18.0 Å². The second-order valence-electron chi connectivity index (χ2n) is 4.89. The molecule has 2 aromatic carbocycles. The zero-order valence-corrected chi connectivity index (χ0v) is 13.4. The van der Waals surface area contributed by atoms with E-state index in [1.54, 1.807) is 31.2 Å². The molecule has 126 valence electrons. The van der Waals surface area contributed by atoms with E-state index in [1.165, 1.54) is 31.4 Å². The Morgan fingerprint density at radius 3 is 2.42 bits per heavy atom. The van der Waals surface area contributed by atoms with Crippen LogP contribution in [0, 0.1) is 5.82 Å². The number of hydrogen-bond donors (Lipinski definition) is 1. The Hall–Kier alpha value is -2.73. The Morgan fingerprint density at radius 2 is 1.79 bits per heavy atom. The Morgan fingerprint density at radius 1 is 1.12 bits per heavy atom. The van der Waals surface area contributed by atoms with Gasteiger partial charge in [-0.25, -0.2) is 9.18 Å².